The minimum absolute atomic E-state index is 0.123. The van der Waals surface area contributed by atoms with E-state index in [4.69, 9.17) is 14.2 Å². The lowest BCUT2D eigenvalue weighted by Crippen LogP contribution is -2.30. The Labute approximate surface area is 429 Å². The fourth-order valence-electron chi connectivity index (χ4n) is 7.00. The van der Waals surface area contributed by atoms with Crippen LogP contribution in [0.3, 0.4) is 0 Å². The van der Waals surface area contributed by atoms with Gasteiger partial charge in [0.25, 0.3) is 0 Å². The van der Waals surface area contributed by atoms with E-state index in [1.54, 1.807) is 0 Å². The van der Waals surface area contributed by atoms with E-state index < -0.39 is 6.10 Å². The molecular formula is C64H100O6. The topological polar surface area (TPSA) is 78.9 Å². The minimum atomic E-state index is -0.833. The lowest BCUT2D eigenvalue weighted by molar-refractivity contribution is -0.166. The number of hydrogen-bond donors (Lipinski definition) is 0. The van der Waals surface area contributed by atoms with Crippen molar-refractivity contribution in [2.45, 2.75) is 226 Å². The molecule has 0 heterocycles. The molecule has 0 aliphatic rings. The van der Waals surface area contributed by atoms with Gasteiger partial charge < -0.3 is 14.2 Å². The van der Waals surface area contributed by atoms with Crippen LogP contribution in [-0.2, 0) is 28.6 Å². The zero-order valence-corrected chi connectivity index (χ0v) is 44.7. The molecule has 0 saturated heterocycles. The molecule has 70 heavy (non-hydrogen) atoms. The number of rotatable bonds is 48. The fraction of sp³-hybridized carbons (Fsp3) is 0.578. The summed E-state index contributed by atoms with van der Waals surface area (Å²) in [5, 5.41) is 0. The van der Waals surface area contributed by atoms with Crippen LogP contribution in [0.2, 0.25) is 0 Å². The second kappa shape index (κ2) is 56.9. The van der Waals surface area contributed by atoms with Crippen molar-refractivity contribution in [2.24, 2.45) is 0 Å². The van der Waals surface area contributed by atoms with Gasteiger partial charge in [-0.05, 0) is 109 Å². The smallest absolute Gasteiger partial charge is 0.306 e. The molecule has 392 valence electrons. The third-order valence-electron chi connectivity index (χ3n) is 11.2. The van der Waals surface area contributed by atoms with Crippen molar-refractivity contribution in [1.82, 2.24) is 0 Å². The number of carbonyl (C=O) groups is 3. The van der Waals surface area contributed by atoms with Gasteiger partial charge in [0, 0.05) is 19.3 Å². The van der Waals surface area contributed by atoms with E-state index in [0.717, 1.165) is 122 Å². The Hall–Kier alpha value is -4.71. The summed E-state index contributed by atoms with van der Waals surface area (Å²) in [6.45, 7) is 6.35. The van der Waals surface area contributed by atoms with E-state index in [1.165, 1.54) is 51.4 Å². The number of carbonyl (C=O) groups excluding carboxylic acids is 3. The Balaban J connectivity index is 4.61. The van der Waals surface area contributed by atoms with Gasteiger partial charge in [-0.1, -0.05) is 237 Å². The number of hydrogen-bond acceptors (Lipinski definition) is 6. The van der Waals surface area contributed by atoms with Gasteiger partial charge in [0.2, 0.25) is 0 Å². The molecule has 0 saturated carbocycles. The molecule has 0 spiro atoms. The number of allylic oxidation sites excluding steroid dienone is 24. The first-order chi connectivity index (χ1) is 34.5. The Morgan fingerprint density at radius 3 is 1.07 bits per heavy atom. The highest BCUT2D eigenvalue weighted by atomic mass is 16.6. The van der Waals surface area contributed by atoms with Gasteiger partial charge in [-0.3, -0.25) is 14.4 Å². The molecule has 0 bridgehead atoms. The van der Waals surface area contributed by atoms with Crippen molar-refractivity contribution in [3.05, 3.63) is 146 Å². The van der Waals surface area contributed by atoms with Gasteiger partial charge >= 0.3 is 17.9 Å². The van der Waals surface area contributed by atoms with Crippen LogP contribution in [-0.4, -0.2) is 37.2 Å². The Kier molecular flexibility index (Phi) is 53.0. The van der Waals surface area contributed by atoms with Crippen LogP contribution in [0.4, 0.5) is 0 Å². The van der Waals surface area contributed by atoms with Crippen molar-refractivity contribution in [2.75, 3.05) is 13.2 Å². The van der Waals surface area contributed by atoms with Crippen molar-refractivity contribution >= 4 is 17.9 Å². The zero-order chi connectivity index (χ0) is 50.7. The van der Waals surface area contributed by atoms with E-state index in [-0.39, 0.29) is 44.0 Å². The van der Waals surface area contributed by atoms with Crippen LogP contribution in [0, 0.1) is 0 Å². The minimum Gasteiger partial charge on any atom is -0.462 e. The van der Waals surface area contributed by atoms with Crippen LogP contribution in [0.25, 0.3) is 0 Å². The molecule has 1 atom stereocenters. The lowest BCUT2D eigenvalue weighted by Gasteiger charge is -2.18. The molecule has 0 N–H and O–H groups in total. The monoisotopic (exact) mass is 965 g/mol. The lowest BCUT2D eigenvalue weighted by atomic mass is 10.1. The van der Waals surface area contributed by atoms with Gasteiger partial charge in [-0.15, -0.1) is 0 Å². The molecule has 1 unspecified atom stereocenters. The predicted molar refractivity (Wildman–Crippen MR) is 302 cm³/mol. The van der Waals surface area contributed by atoms with Gasteiger partial charge in [-0.2, -0.15) is 0 Å². The molecule has 0 aromatic rings. The molecule has 0 radical (unpaired) electrons. The summed E-state index contributed by atoms with van der Waals surface area (Å²) in [5.41, 5.74) is 0. The molecule has 6 heteroatoms. The summed E-state index contributed by atoms with van der Waals surface area (Å²) < 4.78 is 16.7. The summed E-state index contributed by atoms with van der Waals surface area (Å²) in [6, 6.07) is 0. The number of ether oxygens (including phenoxy) is 3. The molecule has 0 aromatic carbocycles. The highest BCUT2D eigenvalue weighted by Crippen LogP contribution is 2.12. The average Bonchev–Trinajstić information content (AvgIpc) is 3.36. The van der Waals surface area contributed by atoms with Gasteiger partial charge in [0.1, 0.15) is 13.2 Å². The molecule has 0 fully saturated rings. The van der Waals surface area contributed by atoms with Crippen molar-refractivity contribution in [1.29, 1.82) is 0 Å². The fourth-order valence-corrected chi connectivity index (χ4v) is 7.00. The van der Waals surface area contributed by atoms with Crippen LogP contribution in [0.5, 0.6) is 0 Å². The Morgan fingerprint density at radius 1 is 0.314 bits per heavy atom. The SMILES string of the molecule is CC/C=C\C/C=C\C/C=C\C/C=C\C/C=C\C/C=C\CCC(=O)OCC(COC(=O)CCCCCCCC/C=C\C=C/CCCCC)OC(=O)CCCCCCC\C=C/C=C\C=C/C=C\CCCCC. The maximum atomic E-state index is 12.8. The maximum Gasteiger partial charge on any atom is 0.306 e. The van der Waals surface area contributed by atoms with E-state index in [0.29, 0.717) is 12.8 Å². The van der Waals surface area contributed by atoms with Crippen LogP contribution >= 0.6 is 0 Å². The summed E-state index contributed by atoms with van der Waals surface area (Å²) in [6.07, 6.45) is 81.2. The van der Waals surface area contributed by atoms with Crippen LogP contribution < -0.4 is 0 Å². The van der Waals surface area contributed by atoms with E-state index in [1.807, 2.05) is 12.2 Å². The Morgan fingerprint density at radius 2 is 0.643 bits per heavy atom. The molecule has 0 aromatic heterocycles. The summed E-state index contributed by atoms with van der Waals surface area (Å²) >= 11 is 0. The first kappa shape index (κ1) is 65.3. The molecular weight excluding hydrogens is 865 g/mol. The largest absolute Gasteiger partial charge is 0.462 e. The average molecular weight is 965 g/mol. The van der Waals surface area contributed by atoms with Gasteiger partial charge in [0.15, 0.2) is 6.10 Å². The predicted octanol–water partition coefficient (Wildman–Crippen LogP) is 18.8. The standard InChI is InChI=1S/C64H100O6/c1-4-7-10-13-16-19-22-25-28-30-32-34-36-39-42-45-48-51-54-57-63(66)69-60-61(59-68-62(65)56-53-50-47-44-41-38-35-27-24-21-18-15-12-9-6-3)70-64(67)58-55-52-49-46-43-40-37-33-31-29-26-23-20-17-14-11-8-5-2/h7,10,16-21,23-29,31-34,37,39,42,48,51,61H,4-6,8-9,11-15,22,30,35-36,38,40-41,43-47,49-50,52-60H2,1-3H3/b10-7-,19-16-,20-17-,21-18-,26-23-,27-24-,28-25-,31-29-,34-32-,37-33-,42-39-,51-48-. The second-order valence-corrected chi connectivity index (χ2v) is 17.9. The Bertz CT molecular complexity index is 1580. The van der Waals surface area contributed by atoms with Crippen molar-refractivity contribution in [3.63, 3.8) is 0 Å². The van der Waals surface area contributed by atoms with Crippen LogP contribution in [0.15, 0.2) is 146 Å². The summed E-state index contributed by atoms with van der Waals surface area (Å²) in [4.78, 5) is 38.1. The summed E-state index contributed by atoms with van der Waals surface area (Å²) in [5.74, 6) is -1.05. The van der Waals surface area contributed by atoms with E-state index >= 15 is 0 Å². The third-order valence-corrected chi connectivity index (χ3v) is 11.2. The normalized spacial score (nSPS) is 13.2. The van der Waals surface area contributed by atoms with Crippen molar-refractivity contribution in [3.8, 4) is 0 Å². The van der Waals surface area contributed by atoms with Gasteiger partial charge in [-0.25, -0.2) is 0 Å². The maximum absolute atomic E-state index is 12.8. The molecule has 0 rings (SSSR count). The second-order valence-electron chi connectivity index (χ2n) is 17.9. The molecule has 0 amide bonds. The molecule has 6 nitrogen and oxygen atoms in total. The third kappa shape index (κ3) is 54.2. The van der Waals surface area contributed by atoms with Crippen molar-refractivity contribution < 1.29 is 28.6 Å². The van der Waals surface area contributed by atoms with E-state index in [9.17, 15) is 14.4 Å². The first-order valence-electron chi connectivity index (χ1n) is 27.9. The quantitative estimate of drug-likeness (QED) is 0.0199. The van der Waals surface area contributed by atoms with Gasteiger partial charge in [0.05, 0.1) is 0 Å². The van der Waals surface area contributed by atoms with Crippen LogP contribution in [0.1, 0.15) is 220 Å². The molecule has 0 aliphatic heterocycles. The summed E-state index contributed by atoms with van der Waals surface area (Å²) in [7, 11) is 0. The highest BCUT2D eigenvalue weighted by molar-refractivity contribution is 5.71. The number of unbranched alkanes of at least 4 members (excludes halogenated alkanes) is 17. The van der Waals surface area contributed by atoms with E-state index in [2.05, 4.69) is 154 Å². The number of esters is 3. The molecule has 0 aliphatic carbocycles. The zero-order valence-electron chi connectivity index (χ0n) is 44.7. The first-order valence-corrected chi connectivity index (χ1v) is 27.9. The highest BCUT2D eigenvalue weighted by Gasteiger charge is 2.19.